The van der Waals surface area contributed by atoms with Crippen LogP contribution in [-0.4, -0.2) is 32.6 Å². The van der Waals surface area contributed by atoms with E-state index in [-0.39, 0.29) is 0 Å². The molecule has 88 valence electrons. The van der Waals surface area contributed by atoms with Gasteiger partial charge in [0.15, 0.2) is 6.29 Å². The Bertz CT molecular complexity index is 364. The summed E-state index contributed by atoms with van der Waals surface area (Å²) in [5.74, 6) is 0.616. The van der Waals surface area contributed by atoms with Crippen LogP contribution in [0.5, 0.6) is 0 Å². The standard InChI is InChI=1S/C12H17NO2S/c1-9-3-4-13(6-12(9)15-2)10-5-11(7-14)16-8-10/h5,7-9,12H,3-4,6H2,1-2H3. The maximum Gasteiger partial charge on any atom is 0.160 e. The first kappa shape index (κ1) is 11.6. The molecule has 1 aromatic heterocycles. The van der Waals surface area contributed by atoms with E-state index < -0.39 is 0 Å². The zero-order valence-corrected chi connectivity index (χ0v) is 10.5. The van der Waals surface area contributed by atoms with Crippen molar-refractivity contribution in [2.45, 2.75) is 19.4 Å². The zero-order valence-electron chi connectivity index (χ0n) is 9.68. The number of thiophene rings is 1. The zero-order chi connectivity index (χ0) is 11.5. The van der Waals surface area contributed by atoms with E-state index in [0.29, 0.717) is 12.0 Å². The number of hydrogen-bond donors (Lipinski definition) is 0. The van der Waals surface area contributed by atoms with Gasteiger partial charge in [0.05, 0.1) is 11.0 Å². The van der Waals surface area contributed by atoms with Gasteiger partial charge in [-0.25, -0.2) is 0 Å². The molecule has 1 saturated heterocycles. The van der Waals surface area contributed by atoms with Crippen LogP contribution >= 0.6 is 11.3 Å². The number of aldehydes is 1. The molecule has 0 bridgehead atoms. The first-order valence-corrected chi connectivity index (χ1v) is 6.44. The lowest BCUT2D eigenvalue weighted by Crippen LogP contribution is -2.43. The van der Waals surface area contributed by atoms with Gasteiger partial charge in [-0.15, -0.1) is 11.3 Å². The fraction of sp³-hybridized carbons (Fsp3) is 0.583. The second kappa shape index (κ2) is 4.97. The molecule has 0 aromatic carbocycles. The summed E-state index contributed by atoms with van der Waals surface area (Å²) in [7, 11) is 1.77. The molecule has 0 spiro atoms. The highest BCUT2D eigenvalue weighted by Gasteiger charge is 2.26. The Morgan fingerprint density at radius 1 is 1.62 bits per heavy atom. The van der Waals surface area contributed by atoms with Crippen LogP contribution in [0.3, 0.4) is 0 Å². The summed E-state index contributed by atoms with van der Waals surface area (Å²) in [4.78, 5) is 13.7. The van der Waals surface area contributed by atoms with Crippen LogP contribution in [0.4, 0.5) is 5.69 Å². The summed E-state index contributed by atoms with van der Waals surface area (Å²) >= 11 is 1.50. The second-order valence-electron chi connectivity index (χ2n) is 4.31. The van der Waals surface area contributed by atoms with Crippen LogP contribution in [0.2, 0.25) is 0 Å². The first-order chi connectivity index (χ1) is 7.74. The van der Waals surface area contributed by atoms with Gasteiger partial charge >= 0.3 is 0 Å². The van der Waals surface area contributed by atoms with Crippen molar-refractivity contribution in [3.05, 3.63) is 16.3 Å². The highest BCUT2D eigenvalue weighted by molar-refractivity contribution is 7.12. The van der Waals surface area contributed by atoms with E-state index in [1.165, 1.54) is 11.3 Å². The molecule has 0 N–H and O–H groups in total. The summed E-state index contributed by atoms with van der Waals surface area (Å²) in [6, 6.07) is 1.96. The van der Waals surface area contributed by atoms with E-state index in [2.05, 4.69) is 11.8 Å². The van der Waals surface area contributed by atoms with E-state index in [0.717, 1.165) is 36.4 Å². The number of methoxy groups -OCH3 is 1. The molecule has 1 aromatic rings. The summed E-state index contributed by atoms with van der Waals surface area (Å²) in [6.45, 7) is 4.21. The van der Waals surface area contributed by atoms with Crippen LogP contribution in [0.25, 0.3) is 0 Å². The van der Waals surface area contributed by atoms with Crippen molar-refractivity contribution in [2.75, 3.05) is 25.1 Å². The van der Waals surface area contributed by atoms with Crippen molar-refractivity contribution in [1.82, 2.24) is 0 Å². The Morgan fingerprint density at radius 2 is 2.44 bits per heavy atom. The minimum Gasteiger partial charge on any atom is -0.379 e. The molecule has 1 aliphatic heterocycles. The van der Waals surface area contributed by atoms with Gasteiger partial charge in [0, 0.05) is 31.3 Å². The van der Waals surface area contributed by atoms with Crippen molar-refractivity contribution in [3.63, 3.8) is 0 Å². The van der Waals surface area contributed by atoms with Crippen molar-refractivity contribution in [2.24, 2.45) is 5.92 Å². The van der Waals surface area contributed by atoms with Gasteiger partial charge in [-0.2, -0.15) is 0 Å². The molecule has 0 saturated carbocycles. The number of nitrogens with zero attached hydrogens (tertiary/aromatic N) is 1. The van der Waals surface area contributed by atoms with Crippen LogP contribution < -0.4 is 4.90 Å². The lowest BCUT2D eigenvalue weighted by Gasteiger charge is -2.37. The Balaban J connectivity index is 2.07. The van der Waals surface area contributed by atoms with E-state index in [4.69, 9.17) is 4.74 Å². The molecule has 2 atom stereocenters. The average molecular weight is 239 g/mol. The summed E-state index contributed by atoms with van der Waals surface area (Å²) in [5.41, 5.74) is 1.15. The predicted octanol–water partition coefficient (Wildman–Crippen LogP) is 2.42. The third-order valence-corrected chi connectivity index (χ3v) is 4.12. The van der Waals surface area contributed by atoms with E-state index in [1.807, 2.05) is 11.4 Å². The third kappa shape index (κ3) is 2.28. The highest BCUT2D eigenvalue weighted by Crippen LogP contribution is 2.27. The van der Waals surface area contributed by atoms with Gasteiger partial charge in [0.2, 0.25) is 0 Å². The summed E-state index contributed by atoms with van der Waals surface area (Å²) in [5, 5.41) is 2.05. The van der Waals surface area contributed by atoms with Crippen molar-refractivity contribution >= 4 is 23.3 Å². The topological polar surface area (TPSA) is 29.5 Å². The molecule has 3 nitrogen and oxygen atoms in total. The molecule has 2 heterocycles. The lowest BCUT2D eigenvalue weighted by atomic mass is 9.95. The molecule has 1 fully saturated rings. The third-order valence-electron chi connectivity index (χ3n) is 3.28. The van der Waals surface area contributed by atoms with Gasteiger partial charge < -0.3 is 9.64 Å². The lowest BCUT2D eigenvalue weighted by molar-refractivity contribution is 0.0498. The molecular weight excluding hydrogens is 222 g/mol. The van der Waals surface area contributed by atoms with Gasteiger partial charge in [-0.3, -0.25) is 4.79 Å². The molecule has 0 radical (unpaired) electrons. The predicted molar refractivity (Wildman–Crippen MR) is 66.5 cm³/mol. The molecular formula is C12H17NO2S. The summed E-state index contributed by atoms with van der Waals surface area (Å²) in [6.07, 6.45) is 2.35. The fourth-order valence-electron chi connectivity index (χ4n) is 2.14. The van der Waals surface area contributed by atoms with Crippen molar-refractivity contribution < 1.29 is 9.53 Å². The van der Waals surface area contributed by atoms with Crippen LogP contribution in [0.15, 0.2) is 11.4 Å². The van der Waals surface area contributed by atoms with Crippen molar-refractivity contribution in [3.8, 4) is 0 Å². The number of anilines is 1. The van der Waals surface area contributed by atoms with Crippen LogP contribution in [0, 0.1) is 5.92 Å². The van der Waals surface area contributed by atoms with Crippen LogP contribution in [-0.2, 0) is 4.74 Å². The minimum absolute atomic E-state index is 0.299. The number of ether oxygens (including phenoxy) is 1. The van der Waals surface area contributed by atoms with Gasteiger partial charge in [0.25, 0.3) is 0 Å². The maximum absolute atomic E-state index is 10.6. The number of carbonyl (C=O) groups is 1. The number of hydrogen-bond acceptors (Lipinski definition) is 4. The molecule has 1 aliphatic rings. The van der Waals surface area contributed by atoms with Gasteiger partial charge in [-0.05, 0) is 18.4 Å². The highest BCUT2D eigenvalue weighted by atomic mass is 32.1. The second-order valence-corrected chi connectivity index (χ2v) is 5.25. The summed E-state index contributed by atoms with van der Waals surface area (Å²) < 4.78 is 5.48. The van der Waals surface area contributed by atoms with Crippen LogP contribution in [0.1, 0.15) is 23.0 Å². The van der Waals surface area contributed by atoms with Gasteiger partial charge in [-0.1, -0.05) is 6.92 Å². The molecule has 0 aliphatic carbocycles. The molecule has 2 unspecified atom stereocenters. The normalized spacial score (nSPS) is 25.8. The van der Waals surface area contributed by atoms with E-state index in [9.17, 15) is 4.79 Å². The number of rotatable bonds is 3. The smallest absolute Gasteiger partial charge is 0.160 e. The monoisotopic (exact) mass is 239 g/mol. The first-order valence-electron chi connectivity index (χ1n) is 5.56. The molecule has 4 heteroatoms. The Labute approximate surface area is 100 Å². The van der Waals surface area contributed by atoms with E-state index in [1.54, 1.807) is 7.11 Å². The van der Waals surface area contributed by atoms with E-state index >= 15 is 0 Å². The number of carbonyl (C=O) groups excluding carboxylic acids is 1. The minimum atomic E-state index is 0.299. The Kier molecular flexibility index (Phi) is 3.61. The number of piperidine rings is 1. The molecule has 0 amide bonds. The fourth-order valence-corrected chi connectivity index (χ4v) is 2.86. The Morgan fingerprint density at radius 3 is 3.06 bits per heavy atom. The molecule has 16 heavy (non-hydrogen) atoms. The van der Waals surface area contributed by atoms with Gasteiger partial charge in [0.1, 0.15) is 0 Å². The van der Waals surface area contributed by atoms with Crippen molar-refractivity contribution in [1.29, 1.82) is 0 Å². The molecule has 2 rings (SSSR count). The SMILES string of the molecule is COC1CN(c2csc(C=O)c2)CCC1C. The maximum atomic E-state index is 10.6. The largest absolute Gasteiger partial charge is 0.379 e. The average Bonchev–Trinajstić information content (AvgIpc) is 2.78. The quantitative estimate of drug-likeness (QED) is 0.759. The Hall–Kier alpha value is -0.870.